The van der Waals surface area contributed by atoms with Crippen LogP contribution in [-0.4, -0.2) is 23.6 Å². The van der Waals surface area contributed by atoms with Crippen molar-refractivity contribution in [3.8, 4) is 0 Å². The lowest BCUT2D eigenvalue weighted by Gasteiger charge is -2.18. The predicted octanol–water partition coefficient (Wildman–Crippen LogP) is 7.49. The van der Waals surface area contributed by atoms with E-state index in [0.717, 1.165) is 70.6 Å². The van der Waals surface area contributed by atoms with Crippen LogP contribution >= 0.6 is 0 Å². The number of nitrogens with zero attached hydrogens (tertiary/aromatic N) is 2. The molecular formula is C30H38N4. The molecule has 1 aromatic heterocycles. The van der Waals surface area contributed by atoms with E-state index in [1.807, 2.05) is 30.3 Å². The number of allylic oxidation sites excluding steroid dienone is 5. The molecule has 0 spiro atoms. The molecule has 2 aromatic rings. The first-order valence-corrected chi connectivity index (χ1v) is 12.3. The smallest absolute Gasteiger partial charge is 0.125 e. The number of rotatable bonds is 10. The van der Waals surface area contributed by atoms with Gasteiger partial charge in [0.2, 0.25) is 0 Å². The van der Waals surface area contributed by atoms with Crippen LogP contribution in [-0.2, 0) is 0 Å². The second kappa shape index (κ2) is 12.2. The van der Waals surface area contributed by atoms with Crippen LogP contribution in [0.5, 0.6) is 0 Å². The van der Waals surface area contributed by atoms with Gasteiger partial charge in [0.15, 0.2) is 0 Å². The number of aromatic amines is 1. The Labute approximate surface area is 204 Å². The Morgan fingerprint density at radius 1 is 1.15 bits per heavy atom. The largest absolute Gasteiger partial charge is 0.383 e. The second-order valence-corrected chi connectivity index (χ2v) is 8.96. The summed E-state index contributed by atoms with van der Waals surface area (Å²) in [7, 11) is 0. The summed E-state index contributed by atoms with van der Waals surface area (Å²) in [6, 6.07) is 10.6. The highest BCUT2D eigenvalue weighted by molar-refractivity contribution is 5.98. The van der Waals surface area contributed by atoms with Crippen molar-refractivity contribution in [3.63, 3.8) is 0 Å². The Balaban J connectivity index is 1.86. The van der Waals surface area contributed by atoms with Crippen molar-refractivity contribution in [2.24, 2.45) is 15.7 Å². The fourth-order valence-corrected chi connectivity index (χ4v) is 4.49. The SMILES string of the molecule is C=CCC(=C)c1cc(C(/C=C(\N=C)c2ccc(C(N)=NC3CCCCC3)cc2)=C/CC)[nH]c1C. The van der Waals surface area contributed by atoms with Crippen molar-refractivity contribution in [3.05, 3.63) is 89.8 Å². The van der Waals surface area contributed by atoms with Gasteiger partial charge < -0.3 is 10.7 Å². The predicted molar refractivity (Wildman–Crippen MR) is 149 cm³/mol. The van der Waals surface area contributed by atoms with Crippen LogP contribution in [0, 0.1) is 6.92 Å². The van der Waals surface area contributed by atoms with Gasteiger partial charge in [0, 0.05) is 22.5 Å². The first-order valence-electron chi connectivity index (χ1n) is 12.3. The number of nitrogens with two attached hydrogens (primary N) is 1. The van der Waals surface area contributed by atoms with E-state index >= 15 is 0 Å². The van der Waals surface area contributed by atoms with Crippen LogP contribution in [0.3, 0.4) is 0 Å². The summed E-state index contributed by atoms with van der Waals surface area (Å²) in [5.41, 5.74) is 14.5. The average Bonchev–Trinajstić information content (AvgIpc) is 3.24. The maximum absolute atomic E-state index is 6.32. The Hall–Kier alpha value is -3.40. The number of benzene rings is 1. The summed E-state index contributed by atoms with van der Waals surface area (Å²) < 4.78 is 0. The van der Waals surface area contributed by atoms with E-state index < -0.39 is 0 Å². The molecule has 0 radical (unpaired) electrons. The van der Waals surface area contributed by atoms with Crippen molar-refractivity contribution in [1.29, 1.82) is 0 Å². The van der Waals surface area contributed by atoms with Gasteiger partial charge in [-0.25, -0.2) is 0 Å². The Morgan fingerprint density at radius 3 is 2.44 bits per heavy atom. The fourth-order valence-electron chi connectivity index (χ4n) is 4.49. The van der Waals surface area contributed by atoms with E-state index in [4.69, 9.17) is 10.7 Å². The molecule has 0 saturated heterocycles. The van der Waals surface area contributed by atoms with Gasteiger partial charge >= 0.3 is 0 Å². The van der Waals surface area contributed by atoms with Gasteiger partial charge in [0.25, 0.3) is 0 Å². The highest BCUT2D eigenvalue weighted by Crippen LogP contribution is 2.29. The van der Waals surface area contributed by atoms with Gasteiger partial charge in [-0.2, -0.15) is 0 Å². The van der Waals surface area contributed by atoms with Crippen LogP contribution in [0.25, 0.3) is 16.8 Å². The minimum absolute atomic E-state index is 0.358. The van der Waals surface area contributed by atoms with Gasteiger partial charge in [-0.15, -0.1) is 6.58 Å². The lowest BCUT2D eigenvalue weighted by atomic mass is 9.96. The van der Waals surface area contributed by atoms with E-state index in [1.54, 1.807) is 0 Å². The number of aromatic nitrogens is 1. The van der Waals surface area contributed by atoms with Crippen molar-refractivity contribution in [2.45, 2.75) is 64.8 Å². The normalized spacial score (nSPS) is 15.9. The van der Waals surface area contributed by atoms with Crippen LogP contribution in [0.4, 0.5) is 0 Å². The second-order valence-electron chi connectivity index (χ2n) is 8.96. The third-order valence-corrected chi connectivity index (χ3v) is 6.36. The number of hydrogen-bond donors (Lipinski definition) is 2. The van der Waals surface area contributed by atoms with Gasteiger partial charge in [-0.1, -0.05) is 69.2 Å². The molecule has 1 aromatic carbocycles. The molecule has 1 aliphatic carbocycles. The van der Waals surface area contributed by atoms with Crippen LogP contribution < -0.4 is 5.73 Å². The lowest BCUT2D eigenvalue weighted by molar-refractivity contribution is 0.443. The average molecular weight is 455 g/mol. The molecule has 178 valence electrons. The van der Waals surface area contributed by atoms with Crippen molar-refractivity contribution < 1.29 is 0 Å². The van der Waals surface area contributed by atoms with E-state index in [0.29, 0.717) is 11.9 Å². The molecule has 4 heteroatoms. The molecule has 3 rings (SSSR count). The molecule has 3 N–H and O–H groups in total. The molecule has 4 nitrogen and oxygen atoms in total. The Bertz CT molecular complexity index is 1100. The van der Waals surface area contributed by atoms with E-state index in [1.165, 1.54) is 19.3 Å². The summed E-state index contributed by atoms with van der Waals surface area (Å²) >= 11 is 0. The van der Waals surface area contributed by atoms with Gasteiger partial charge in [0.05, 0.1) is 11.7 Å². The third-order valence-electron chi connectivity index (χ3n) is 6.36. The summed E-state index contributed by atoms with van der Waals surface area (Å²) in [4.78, 5) is 12.6. The van der Waals surface area contributed by atoms with Crippen molar-refractivity contribution >= 4 is 29.4 Å². The van der Waals surface area contributed by atoms with Gasteiger partial charge in [0.1, 0.15) is 5.84 Å². The molecule has 1 fully saturated rings. The molecule has 0 unspecified atom stereocenters. The maximum Gasteiger partial charge on any atom is 0.125 e. The van der Waals surface area contributed by atoms with Crippen LogP contribution in [0.15, 0.2) is 71.7 Å². The summed E-state index contributed by atoms with van der Waals surface area (Å²) in [5.74, 6) is 0.622. The summed E-state index contributed by atoms with van der Waals surface area (Å²) in [6.07, 6.45) is 13.9. The number of aryl methyl sites for hydroxylation is 1. The molecule has 0 atom stereocenters. The summed E-state index contributed by atoms with van der Waals surface area (Å²) in [6.45, 7) is 16.1. The Kier molecular flexibility index (Phi) is 9.03. The number of aliphatic imine (C=N–C) groups is 2. The molecule has 0 aliphatic heterocycles. The highest BCUT2D eigenvalue weighted by Gasteiger charge is 2.14. The fraction of sp³-hybridized carbons (Fsp3) is 0.333. The molecule has 1 saturated carbocycles. The number of amidine groups is 1. The van der Waals surface area contributed by atoms with E-state index in [9.17, 15) is 0 Å². The van der Waals surface area contributed by atoms with Gasteiger partial charge in [-0.3, -0.25) is 9.98 Å². The Morgan fingerprint density at radius 2 is 1.82 bits per heavy atom. The minimum Gasteiger partial charge on any atom is -0.383 e. The first kappa shape index (κ1) is 25.2. The molecule has 34 heavy (non-hydrogen) atoms. The molecule has 0 bridgehead atoms. The topological polar surface area (TPSA) is 66.5 Å². The molecule has 0 amide bonds. The number of hydrogen-bond acceptors (Lipinski definition) is 2. The lowest BCUT2D eigenvalue weighted by Crippen LogP contribution is -2.19. The van der Waals surface area contributed by atoms with Crippen molar-refractivity contribution in [2.75, 3.05) is 0 Å². The first-order chi connectivity index (χ1) is 16.5. The zero-order valence-electron chi connectivity index (χ0n) is 20.7. The molecular weight excluding hydrogens is 416 g/mol. The molecule has 1 aliphatic rings. The van der Waals surface area contributed by atoms with E-state index in [-0.39, 0.29) is 0 Å². The standard InChI is InChI=1S/C30H38N4/c1-6-11-21(3)27-20-29(33-22(27)4)25(12-7-2)19-28(32-5)23-15-17-24(18-16-23)30(31)34-26-13-9-8-10-14-26/h6,12,15-20,26,33H,1,3,5,7-11,13-14H2,2,4H3,(H2,31,34)/b25-12+,28-19-. The number of H-pyrrole nitrogens is 1. The number of nitrogens with one attached hydrogen (secondary N) is 1. The maximum atomic E-state index is 6.32. The summed E-state index contributed by atoms with van der Waals surface area (Å²) in [5, 5.41) is 0. The zero-order valence-corrected chi connectivity index (χ0v) is 20.7. The van der Waals surface area contributed by atoms with Crippen molar-refractivity contribution in [1.82, 2.24) is 4.98 Å². The molecule has 1 heterocycles. The van der Waals surface area contributed by atoms with E-state index in [2.05, 4.69) is 61.9 Å². The quantitative estimate of drug-likeness (QED) is 0.166. The van der Waals surface area contributed by atoms with Crippen LogP contribution in [0.1, 0.15) is 79.9 Å². The monoisotopic (exact) mass is 454 g/mol. The van der Waals surface area contributed by atoms with Gasteiger partial charge in [-0.05, 0) is 68.2 Å². The van der Waals surface area contributed by atoms with Crippen LogP contribution in [0.2, 0.25) is 0 Å². The zero-order chi connectivity index (χ0) is 24.5. The third kappa shape index (κ3) is 6.34. The minimum atomic E-state index is 0.358. The highest BCUT2D eigenvalue weighted by atomic mass is 14.9.